The Morgan fingerprint density at radius 1 is 0.900 bits per heavy atom. The van der Waals surface area contributed by atoms with E-state index in [1.807, 2.05) is 12.1 Å². The van der Waals surface area contributed by atoms with Crippen molar-refractivity contribution in [1.82, 2.24) is 19.9 Å². The van der Waals surface area contributed by atoms with Crippen LogP contribution >= 0.6 is 0 Å². The van der Waals surface area contributed by atoms with Gasteiger partial charge in [-0.3, -0.25) is 9.88 Å². The van der Waals surface area contributed by atoms with E-state index in [1.165, 1.54) is 25.3 Å². The zero-order chi connectivity index (χ0) is 27.7. The van der Waals surface area contributed by atoms with Crippen molar-refractivity contribution in [1.29, 1.82) is 0 Å². The van der Waals surface area contributed by atoms with E-state index < -0.39 is 11.6 Å². The first kappa shape index (κ1) is 26.8. The lowest BCUT2D eigenvalue weighted by atomic mass is 9.95. The number of fused-ring (bicyclic) bond motifs is 3. The Balaban J connectivity index is 0.00000142. The van der Waals surface area contributed by atoms with Crippen LogP contribution in [0, 0.1) is 11.6 Å². The molecule has 0 unspecified atom stereocenters. The van der Waals surface area contributed by atoms with Crippen molar-refractivity contribution < 1.29 is 18.6 Å². The molecule has 0 bridgehead atoms. The van der Waals surface area contributed by atoms with Crippen LogP contribution in [0.2, 0.25) is 0 Å². The molecule has 0 atom stereocenters. The molecule has 0 amide bonds. The van der Waals surface area contributed by atoms with Crippen LogP contribution in [0.5, 0.6) is 6.01 Å². The highest BCUT2D eigenvalue weighted by atomic mass is 19.1. The van der Waals surface area contributed by atoms with Crippen LogP contribution in [0.25, 0.3) is 32.9 Å². The molecule has 3 saturated heterocycles. The standard InChI is InChI=1S/C30H31F2N5O.CH4O/c31-23-11-5-9-20-8-4-10-21(24(20)23)26-25(32)27-22(18-33-26)28(36-14-2-1-3-15-36)35-29(34-27)38-19-30-12-6-16-37(30)17-7-13-30;1-2/h4-5,8-11,18H,1-3,6-7,12-17,19H2;2H,1H3. The van der Waals surface area contributed by atoms with Gasteiger partial charge >= 0.3 is 6.01 Å². The molecular weight excluding hydrogens is 512 g/mol. The fourth-order valence-corrected chi connectivity index (χ4v) is 6.77. The molecule has 7 nitrogen and oxygen atoms in total. The van der Waals surface area contributed by atoms with E-state index in [9.17, 15) is 4.39 Å². The number of hydrogen-bond donors (Lipinski definition) is 1. The van der Waals surface area contributed by atoms with Crippen molar-refractivity contribution in [2.24, 2.45) is 0 Å². The van der Waals surface area contributed by atoms with Gasteiger partial charge in [0.15, 0.2) is 5.82 Å². The Kier molecular flexibility index (Phi) is 7.51. The molecule has 7 rings (SSSR count). The second-order valence-electron chi connectivity index (χ2n) is 10.9. The van der Waals surface area contributed by atoms with Gasteiger partial charge in [0.25, 0.3) is 0 Å². The molecule has 3 aliphatic heterocycles. The number of benzene rings is 2. The van der Waals surface area contributed by atoms with Gasteiger partial charge in [-0.25, -0.2) is 8.78 Å². The number of aliphatic hydroxyl groups excluding tert-OH is 1. The zero-order valence-electron chi connectivity index (χ0n) is 22.9. The SMILES string of the molecule is CO.Fc1c(-c2cccc3cccc(F)c23)ncc2c(N3CCCCC3)nc(OCC34CCCN3CCC4)nc12. The fourth-order valence-electron chi connectivity index (χ4n) is 6.77. The molecule has 4 aromatic rings. The third kappa shape index (κ3) is 4.65. The van der Waals surface area contributed by atoms with Crippen LogP contribution in [-0.4, -0.2) is 70.4 Å². The minimum Gasteiger partial charge on any atom is -0.461 e. The van der Waals surface area contributed by atoms with Crippen molar-refractivity contribution in [3.63, 3.8) is 0 Å². The predicted molar refractivity (Wildman–Crippen MR) is 153 cm³/mol. The van der Waals surface area contributed by atoms with Gasteiger partial charge < -0.3 is 14.7 Å². The molecule has 0 saturated carbocycles. The maximum Gasteiger partial charge on any atom is 0.319 e. The van der Waals surface area contributed by atoms with Crippen LogP contribution in [-0.2, 0) is 0 Å². The number of piperidine rings is 1. The molecule has 2 aromatic heterocycles. The number of rotatable bonds is 5. The van der Waals surface area contributed by atoms with E-state index in [0.29, 0.717) is 34.1 Å². The number of halogens is 2. The second-order valence-corrected chi connectivity index (χ2v) is 10.9. The molecule has 0 aliphatic carbocycles. The van der Waals surface area contributed by atoms with E-state index >= 15 is 4.39 Å². The van der Waals surface area contributed by atoms with Gasteiger partial charge in [-0.15, -0.1) is 0 Å². The molecule has 9 heteroatoms. The Labute approximate surface area is 232 Å². The predicted octanol–water partition coefficient (Wildman–Crippen LogP) is 5.73. The third-order valence-electron chi connectivity index (χ3n) is 8.69. The number of aromatic nitrogens is 3. The van der Waals surface area contributed by atoms with Crippen molar-refractivity contribution >= 4 is 27.5 Å². The summed E-state index contributed by atoms with van der Waals surface area (Å²) < 4.78 is 37.5. The van der Waals surface area contributed by atoms with Crippen molar-refractivity contribution in [2.75, 3.05) is 44.8 Å². The Bertz CT molecular complexity index is 1510. The first-order valence-electron chi connectivity index (χ1n) is 14.2. The number of aliphatic hydroxyl groups is 1. The molecule has 2 aromatic carbocycles. The fraction of sp³-hybridized carbons (Fsp3) is 0.452. The van der Waals surface area contributed by atoms with Gasteiger partial charge in [-0.2, -0.15) is 9.97 Å². The summed E-state index contributed by atoms with van der Waals surface area (Å²) in [6, 6.07) is 10.4. The highest BCUT2D eigenvalue weighted by Crippen LogP contribution is 2.40. The van der Waals surface area contributed by atoms with Crippen LogP contribution < -0.4 is 9.64 Å². The van der Waals surface area contributed by atoms with Gasteiger partial charge in [0.2, 0.25) is 0 Å². The zero-order valence-corrected chi connectivity index (χ0v) is 22.9. The second kappa shape index (κ2) is 11.2. The minimum absolute atomic E-state index is 0.0338. The largest absolute Gasteiger partial charge is 0.461 e. The lowest BCUT2D eigenvalue weighted by Crippen LogP contribution is -2.43. The molecule has 0 spiro atoms. The smallest absolute Gasteiger partial charge is 0.319 e. The van der Waals surface area contributed by atoms with Crippen LogP contribution in [0.15, 0.2) is 42.6 Å². The number of hydrogen-bond acceptors (Lipinski definition) is 7. The van der Waals surface area contributed by atoms with Crippen molar-refractivity contribution in [2.45, 2.75) is 50.5 Å². The quantitative estimate of drug-likeness (QED) is 0.342. The van der Waals surface area contributed by atoms with Crippen molar-refractivity contribution in [3.8, 4) is 17.3 Å². The van der Waals surface area contributed by atoms with Gasteiger partial charge in [-0.1, -0.05) is 30.3 Å². The Morgan fingerprint density at radius 3 is 2.38 bits per heavy atom. The Hall–Kier alpha value is -3.43. The topological polar surface area (TPSA) is 74.6 Å². The van der Waals surface area contributed by atoms with Crippen LogP contribution in [0.4, 0.5) is 14.6 Å². The normalized spacial score (nSPS) is 18.6. The lowest BCUT2D eigenvalue weighted by molar-refractivity contribution is 0.108. The molecule has 210 valence electrons. The lowest BCUT2D eigenvalue weighted by Gasteiger charge is -2.32. The maximum absolute atomic E-state index is 16.3. The summed E-state index contributed by atoms with van der Waals surface area (Å²) in [7, 11) is 1.00. The summed E-state index contributed by atoms with van der Waals surface area (Å²) >= 11 is 0. The molecule has 40 heavy (non-hydrogen) atoms. The first-order chi connectivity index (χ1) is 19.6. The molecule has 1 N–H and O–H groups in total. The molecule has 5 heterocycles. The number of ether oxygens (including phenoxy) is 1. The van der Waals surface area contributed by atoms with Crippen LogP contribution in [0.3, 0.4) is 0 Å². The number of pyridine rings is 1. The van der Waals surface area contributed by atoms with Gasteiger partial charge in [0.1, 0.15) is 29.5 Å². The van der Waals surface area contributed by atoms with Gasteiger partial charge in [0.05, 0.1) is 10.9 Å². The number of nitrogens with zero attached hydrogens (tertiary/aromatic N) is 5. The summed E-state index contributed by atoms with van der Waals surface area (Å²) in [4.78, 5) is 18.6. The van der Waals surface area contributed by atoms with Gasteiger partial charge in [-0.05, 0) is 69.5 Å². The highest BCUT2D eigenvalue weighted by molar-refractivity contribution is 5.99. The summed E-state index contributed by atoms with van der Waals surface area (Å²) in [6.07, 6.45) is 9.48. The highest BCUT2D eigenvalue weighted by Gasteiger charge is 2.45. The average Bonchev–Trinajstić information content (AvgIpc) is 3.58. The van der Waals surface area contributed by atoms with E-state index in [4.69, 9.17) is 14.8 Å². The van der Waals surface area contributed by atoms with Crippen molar-refractivity contribution in [3.05, 3.63) is 54.2 Å². The summed E-state index contributed by atoms with van der Waals surface area (Å²) in [5, 5.41) is 8.60. The third-order valence-corrected chi connectivity index (χ3v) is 8.69. The first-order valence-corrected chi connectivity index (χ1v) is 14.2. The summed E-state index contributed by atoms with van der Waals surface area (Å²) in [6.45, 7) is 4.41. The van der Waals surface area contributed by atoms with E-state index in [-0.39, 0.29) is 22.8 Å². The molecule has 0 radical (unpaired) electrons. The number of anilines is 1. The van der Waals surface area contributed by atoms with Crippen LogP contribution in [0.1, 0.15) is 44.9 Å². The van der Waals surface area contributed by atoms with E-state index in [0.717, 1.165) is 59.0 Å². The summed E-state index contributed by atoms with van der Waals surface area (Å²) in [5.74, 6) is -0.318. The summed E-state index contributed by atoms with van der Waals surface area (Å²) in [5.41, 5.74) is 0.693. The average molecular weight is 548 g/mol. The van der Waals surface area contributed by atoms with E-state index in [1.54, 1.807) is 24.4 Å². The van der Waals surface area contributed by atoms with E-state index in [2.05, 4.69) is 19.8 Å². The Morgan fingerprint density at radius 2 is 1.62 bits per heavy atom. The molecule has 3 aliphatic rings. The molecule has 3 fully saturated rings. The van der Waals surface area contributed by atoms with Gasteiger partial charge in [0, 0.05) is 37.3 Å². The molecular formula is C31H35F2N5O2. The maximum atomic E-state index is 16.3. The monoisotopic (exact) mass is 547 g/mol. The minimum atomic E-state index is -0.578.